The summed E-state index contributed by atoms with van der Waals surface area (Å²) < 4.78 is 2.04. The van der Waals surface area contributed by atoms with Crippen molar-refractivity contribution in [1.29, 1.82) is 0 Å². The first-order chi connectivity index (χ1) is 13.3. The lowest BCUT2D eigenvalue weighted by Gasteiger charge is -2.08. The molecule has 0 unspecified atom stereocenters. The summed E-state index contributed by atoms with van der Waals surface area (Å²) in [6, 6.07) is 19.2. The number of nitrogens with two attached hydrogens (primary N) is 1. The van der Waals surface area contributed by atoms with Gasteiger partial charge in [0, 0.05) is 37.4 Å². The molecule has 2 aromatic heterocycles. The van der Waals surface area contributed by atoms with Crippen LogP contribution in [0.4, 0.5) is 0 Å². The van der Waals surface area contributed by atoms with Crippen molar-refractivity contribution in [2.75, 3.05) is 13.1 Å². The number of nitrogens with zero attached hydrogens (tertiary/aromatic N) is 3. The molecule has 136 valence electrons. The molecular weight excluding hydrogens is 334 g/mol. The van der Waals surface area contributed by atoms with Gasteiger partial charge in [-0.05, 0) is 40.5 Å². The van der Waals surface area contributed by atoms with Crippen LogP contribution < -0.4 is 11.1 Å². The van der Waals surface area contributed by atoms with Crippen molar-refractivity contribution in [1.82, 2.24) is 20.1 Å². The molecule has 0 amide bonds. The van der Waals surface area contributed by atoms with Crippen molar-refractivity contribution < 1.29 is 0 Å². The summed E-state index contributed by atoms with van der Waals surface area (Å²) in [6.45, 7) is 3.07. The van der Waals surface area contributed by atoms with Crippen molar-refractivity contribution in [3.05, 3.63) is 84.3 Å². The topological polar surface area (TPSA) is 68.8 Å². The Balaban J connectivity index is 1.58. The number of hydrogen-bond donors (Lipinski definition) is 2. The summed E-state index contributed by atoms with van der Waals surface area (Å²) >= 11 is 0. The summed E-state index contributed by atoms with van der Waals surface area (Å²) in [4.78, 5) is 4.08. The molecule has 5 heteroatoms. The maximum Gasteiger partial charge on any atom is 0.0692 e. The summed E-state index contributed by atoms with van der Waals surface area (Å²) in [5.74, 6) is 0. The minimum absolute atomic E-state index is 0.658. The molecule has 0 saturated heterocycles. The monoisotopic (exact) mass is 357 g/mol. The molecule has 0 aliphatic carbocycles. The fraction of sp³-hybridized carbons (Fsp3) is 0.182. The van der Waals surface area contributed by atoms with Crippen LogP contribution in [-0.2, 0) is 13.1 Å². The third-order valence-corrected chi connectivity index (χ3v) is 4.66. The summed E-state index contributed by atoms with van der Waals surface area (Å²) in [5.41, 5.74) is 11.5. The highest BCUT2D eigenvalue weighted by atomic mass is 15.3. The van der Waals surface area contributed by atoms with E-state index in [-0.39, 0.29) is 0 Å². The number of benzene rings is 2. The van der Waals surface area contributed by atoms with E-state index >= 15 is 0 Å². The highest BCUT2D eigenvalue weighted by molar-refractivity contribution is 5.84. The number of fused-ring (bicyclic) bond motifs is 1. The number of rotatable bonds is 7. The molecular formula is C22H23N5. The average Bonchev–Trinajstić information content (AvgIpc) is 3.11. The fourth-order valence-corrected chi connectivity index (χ4v) is 3.19. The van der Waals surface area contributed by atoms with Gasteiger partial charge in [-0.25, -0.2) is 0 Å². The van der Waals surface area contributed by atoms with E-state index in [1.165, 1.54) is 22.3 Å². The van der Waals surface area contributed by atoms with Gasteiger partial charge in [-0.1, -0.05) is 36.4 Å². The molecule has 27 heavy (non-hydrogen) atoms. The summed E-state index contributed by atoms with van der Waals surface area (Å²) in [7, 11) is 0. The van der Waals surface area contributed by atoms with Gasteiger partial charge in [0.25, 0.3) is 0 Å². The zero-order valence-corrected chi connectivity index (χ0v) is 15.2. The molecule has 0 saturated carbocycles. The second kappa shape index (κ2) is 8.12. The smallest absolute Gasteiger partial charge is 0.0692 e. The van der Waals surface area contributed by atoms with E-state index < -0.39 is 0 Å². The van der Waals surface area contributed by atoms with Crippen molar-refractivity contribution in [3.8, 4) is 11.1 Å². The Morgan fingerprint density at radius 3 is 2.44 bits per heavy atom. The minimum Gasteiger partial charge on any atom is -0.329 e. The molecule has 2 heterocycles. The average molecular weight is 357 g/mol. The normalized spacial score (nSPS) is 11.1. The van der Waals surface area contributed by atoms with Crippen LogP contribution >= 0.6 is 0 Å². The molecule has 2 aromatic carbocycles. The van der Waals surface area contributed by atoms with Crippen molar-refractivity contribution >= 4 is 10.9 Å². The van der Waals surface area contributed by atoms with E-state index in [9.17, 15) is 0 Å². The lowest BCUT2D eigenvalue weighted by molar-refractivity contribution is 0.695. The lowest BCUT2D eigenvalue weighted by Crippen LogP contribution is -2.21. The summed E-state index contributed by atoms with van der Waals surface area (Å²) in [6.07, 6.45) is 5.55. The first kappa shape index (κ1) is 17.4. The van der Waals surface area contributed by atoms with Gasteiger partial charge < -0.3 is 11.1 Å². The molecule has 0 bridgehead atoms. The van der Waals surface area contributed by atoms with Crippen molar-refractivity contribution in [3.63, 3.8) is 0 Å². The molecule has 5 nitrogen and oxygen atoms in total. The van der Waals surface area contributed by atoms with Crippen LogP contribution in [0, 0.1) is 0 Å². The largest absolute Gasteiger partial charge is 0.329 e. The van der Waals surface area contributed by atoms with Crippen LogP contribution in [-0.4, -0.2) is 27.9 Å². The predicted octanol–water partition coefficient (Wildman–Crippen LogP) is 3.19. The highest BCUT2D eigenvalue weighted by Crippen LogP contribution is 2.25. The van der Waals surface area contributed by atoms with Crippen LogP contribution in [0.2, 0.25) is 0 Å². The number of aromatic nitrogens is 3. The molecule has 0 atom stereocenters. The van der Waals surface area contributed by atoms with Gasteiger partial charge >= 0.3 is 0 Å². The second-order valence-corrected chi connectivity index (χ2v) is 6.59. The van der Waals surface area contributed by atoms with Crippen LogP contribution in [0.15, 0.2) is 73.2 Å². The zero-order valence-electron chi connectivity index (χ0n) is 15.2. The number of pyridine rings is 1. The molecule has 0 aliphatic heterocycles. The van der Waals surface area contributed by atoms with Crippen molar-refractivity contribution in [2.24, 2.45) is 5.73 Å². The van der Waals surface area contributed by atoms with Crippen molar-refractivity contribution in [2.45, 2.75) is 13.1 Å². The molecule has 0 fully saturated rings. The fourth-order valence-electron chi connectivity index (χ4n) is 3.19. The van der Waals surface area contributed by atoms with E-state index in [1.54, 1.807) is 0 Å². The molecule has 4 rings (SSSR count). The van der Waals surface area contributed by atoms with Crippen LogP contribution in [0.1, 0.15) is 11.1 Å². The second-order valence-electron chi connectivity index (χ2n) is 6.59. The molecule has 0 spiro atoms. The summed E-state index contributed by atoms with van der Waals surface area (Å²) in [5, 5.41) is 9.03. The van der Waals surface area contributed by atoms with Gasteiger partial charge in [-0.3, -0.25) is 9.67 Å². The van der Waals surface area contributed by atoms with Crippen LogP contribution in [0.3, 0.4) is 0 Å². The van der Waals surface area contributed by atoms with E-state index in [0.29, 0.717) is 6.54 Å². The minimum atomic E-state index is 0.658. The Labute approximate surface area is 158 Å². The third kappa shape index (κ3) is 4.05. The first-order valence-corrected chi connectivity index (χ1v) is 9.18. The van der Waals surface area contributed by atoms with Gasteiger partial charge in [-0.15, -0.1) is 0 Å². The van der Waals surface area contributed by atoms with Gasteiger partial charge in [0.2, 0.25) is 0 Å². The van der Waals surface area contributed by atoms with Gasteiger partial charge in [-0.2, -0.15) is 5.10 Å². The van der Waals surface area contributed by atoms with Gasteiger partial charge in [0.1, 0.15) is 0 Å². The SMILES string of the molecule is NCCNCc1ccc(-c2ccc3cnn(Cc4ccncc4)c3c2)cc1. The number of hydrogen-bond acceptors (Lipinski definition) is 4. The quantitative estimate of drug-likeness (QED) is 0.499. The molecule has 0 aliphatic rings. The molecule has 0 radical (unpaired) electrons. The number of nitrogens with one attached hydrogen (secondary N) is 1. The Morgan fingerprint density at radius 1 is 0.889 bits per heavy atom. The van der Waals surface area contributed by atoms with Gasteiger partial charge in [0.05, 0.1) is 18.3 Å². The van der Waals surface area contributed by atoms with E-state index in [4.69, 9.17) is 5.73 Å². The third-order valence-electron chi connectivity index (χ3n) is 4.66. The first-order valence-electron chi connectivity index (χ1n) is 9.18. The molecule has 4 aromatic rings. The Hall–Kier alpha value is -3.02. The Kier molecular flexibility index (Phi) is 5.23. The van der Waals surface area contributed by atoms with E-state index in [0.717, 1.165) is 30.5 Å². The maximum atomic E-state index is 5.52. The Morgan fingerprint density at radius 2 is 1.67 bits per heavy atom. The van der Waals surface area contributed by atoms with E-state index in [2.05, 4.69) is 57.9 Å². The molecule has 3 N–H and O–H groups in total. The zero-order chi connectivity index (χ0) is 18.5. The lowest BCUT2D eigenvalue weighted by atomic mass is 10.0. The van der Waals surface area contributed by atoms with Gasteiger partial charge in [0.15, 0.2) is 0 Å². The Bertz CT molecular complexity index is 1010. The predicted molar refractivity (Wildman–Crippen MR) is 109 cm³/mol. The van der Waals surface area contributed by atoms with Crippen LogP contribution in [0.5, 0.6) is 0 Å². The maximum absolute atomic E-state index is 5.52. The standard InChI is InChI=1S/C22H23N5/c23-9-12-25-14-17-1-3-19(4-2-17)20-5-6-21-15-26-27(22(21)13-20)16-18-7-10-24-11-8-18/h1-8,10-11,13,15,25H,9,12,14,16,23H2. The van der Waals surface area contributed by atoms with E-state index in [1.807, 2.05) is 35.4 Å². The van der Waals surface area contributed by atoms with Crippen LogP contribution in [0.25, 0.3) is 22.0 Å². The highest BCUT2D eigenvalue weighted by Gasteiger charge is 2.06.